The number of anilines is 4. The van der Waals surface area contributed by atoms with Crippen LogP contribution in [-0.4, -0.2) is 35.9 Å². The van der Waals surface area contributed by atoms with E-state index in [1.807, 2.05) is 0 Å². The third kappa shape index (κ3) is 7.10. The van der Waals surface area contributed by atoms with Crippen LogP contribution in [0.4, 0.5) is 40.7 Å². The zero-order chi connectivity index (χ0) is 24.0. The van der Waals surface area contributed by atoms with E-state index >= 15 is 0 Å². The number of benzene rings is 2. The molecule has 174 valence electrons. The van der Waals surface area contributed by atoms with E-state index in [-0.39, 0.29) is 35.0 Å². The van der Waals surface area contributed by atoms with Crippen LogP contribution in [0.2, 0.25) is 5.02 Å². The first-order valence-electron chi connectivity index (χ1n) is 9.18. The Balaban J connectivity index is 1.73. The maximum atomic E-state index is 14.2. The van der Waals surface area contributed by atoms with Gasteiger partial charge in [-0.3, -0.25) is 4.79 Å². The minimum Gasteiger partial charge on any atom is -0.484 e. The summed E-state index contributed by atoms with van der Waals surface area (Å²) in [7, 11) is 1.49. The van der Waals surface area contributed by atoms with E-state index in [4.69, 9.17) is 16.3 Å². The predicted octanol–water partition coefficient (Wildman–Crippen LogP) is 4.78. The van der Waals surface area contributed by atoms with Gasteiger partial charge in [-0.25, -0.2) is 9.37 Å². The van der Waals surface area contributed by atoms with Gasteiger partial charge in [0.25, 0.3) is 5.91 Å². The summed E-state index contributed by atoms with van der Waals surface area (Å²) in [5.41, 5.74) is 0.668. The van der Waals surface area contributed by atoms with Gasteiger partial charge in [0.2, 0.25) is 5.95 Å². The third-order valence-electron chi connectivity index (χ3n) is 3.90. The van der Waals surface area contributed by atoms with Crippen LogP contribution in [-0.2, 0) is 4.79 Å². The monoisotopic (exact) mass is 485 g/mol. The molecule has 2 aromatic carbocycles. The molecule has 3 rings (SSSR count). The number of ether oxygens (including phenoxy) is 2. The van der Waals surface area contributed by atoms with Crippen molar-refractivity contribution in [3.63, 3.8) is 0 Å². The fourth-order valence-electron chi connectivity index (χ4n) is 2.45. The number of carbonyl (C=O) groups is 1. The van der Waals surface area contributed by atoms with Crippen LogP contribution in [0.25, 0.3) is 0 Å². The van der Waals surface area contributed by atoms with E-state index in [1.165, 1.54) is 13.1 Å². The average molecular weight is 486 g/mol. The van der Waals surface area contributed by atoms with Gasteiger partial charge in [0.15, 0.2) is 18.2 Å². The van der Waals surface area contributed by atoms with E-state index < -0.39 is 17.9 Å². The van der Waals surface area contributed by atoms with E-state index in [9.17, 15) is 22.4 Å². The number of hydrogen-bond donors (Lipinski definition) is 3. The third-order valence-corrected chi connectivity index (χ3v) is 4.20. The molecule has 0 radical (unpaired) electrons. The Hall–Kier alpha value is -3.80. The van der Waals surface area contributed by atoms with Crippen molar-refractivity contribution in [3.05, 3.63) is 59.5 Å². The number of likely N-dealkylation sites (N-methyl/N-ethyl adjacent to an activating group) is 1. The lowest BCUT2D eigenvalue weighted by atomic mass is 10.3. The number of hydrogen-bond acceptors (Lipinski definition) is 7. The van der Waals surface area contributed by atoms with Crippen molar-refractivity contribution in [2.75, 3.05) is 24.3 Å². The fourth-order valence-corrected chi connectivity index (χ4v) is 2.67. The molecule has 0 fully saturated rings. The van der Waals surface area contributed by atoms with Gasteiger partial charge in [-0.15, -0.1) is 13.2 Å². The maximum absolute atomic E-state index is 14.2. The molecule has 0 bridgehead atoms. The molecular weight excluding hydrogens is 470 g/mol. The Kier molecular flexibility index (Phi) is 7.38. The van der Waals surface area contributed by atoms with E-state index in [0.29, 0.717) is 11.4 Å². The predicted molar refractivity (Wildman–Crippen MR) is 113 cm³/mol. The number of halogens is 5. The maximum Gasteiger partial charge on any atom is 0.573 e. The zero-order valence-electron chi connectivity index (χ0n) is 16.8. The molecule has 1 amide bonds. The number of carbonyl (C=O) groups excluding carboxylic acids is 1. The summed E-state index contributed by atoms with van der Waals surface area (Å²) in [4.78, 5) is 19.2. The molecule has 1 aromatic heterocycles. The molecule has 13 heteroatoms. The van der Waals surface area contributed by atoms with Crippen molar-refractivity contribution in [2.45, 2.75) is 6.36 Å². The number of nitrogens with one attached hydrogen (secondary N) is 3. The lowest BCUT2D eigenvalue weighted by Gasteiger charge is -2.13. The number of aromatic nitrogens is 2. The van der Waals surface area contributed by atoms with Gasteiger partial charge >= 0.3 is 6.36 Å². The highest BCUT2D eigenvalue weighted by Gasteiger charge is 2.32. The first-order chi connectivity index (χ1) is 15.6. The van der Waals surface area contributed by atoms with Crippen LogP contribution in [0, 0.1) is 5.82 Å². The summed E-state index contributed by atoms with van der Waals surface area (Å²) in [6.07, 6.45) is -3.99. The normalized spacial score (nSPS) is 11.0. The van der Waals surface area contributed by atoms with Gasteiger partial charge in [0.05, 0.1) is 11.2 Å². The Morgan fingerprint density at radius 2 is 1.88 bits per heavy atom. The number of alkyl halides is 3. The molecule has 0 unspecified atom stereocenters. The largest absolute Gasteiger partial charge is 0.573 e. The summed E-state index contributed by atoms with van der Waals surface area (Å²) < 4.78 is 60.4. The van der Waals surface area contributed by atoms with Crippen molar-refractivity contribution >= 4 is 40.6 Å². The van der Waals surface area contributed by atoms with E-state index in [1.54, 1.807) is 24.3 Å². The zero-order valence-corrected chi connectivity index (χ0v) is 17.6. The van der Waals surface area contributed by atoms with Crippen LogP contribution in [0.5, 0.6) is 11.5 Å². The molecule has 3 aromatic rings. The topological polar surface area (TPSA) is 97.4 Å². The van der Waals surface area contributed by atoms with Crippen molar-refractivity contribution in [2.24, 2.45) is 0 Å². The molecule has 33 heavy (non-hydrogen) atoms. The second kappa shape index (κ2) is 10.2. The number of amides is 1. The highest BCUT2D eigenvalue weighted by Crippen LogP contribution is 2.33. The van der Waals surface area contributed by atoms with Crippen LogP contribution < -0.4 is 25.4 Å². The van der Waals surface area contributed by atoms with Gasteiger partial charge in [-0.2, -0.15) is 4.98 Å². The highest BCUT2D eigenvalue weighted by molar-refractivity contribution is 6.32. The summed E-state index contributed by atoms with van der Waals surface area (Å²) in [6, 6.07) is 9.90. The first-order valence-corrected chi connectivity index (χ1v) is 9.56. The van der Waals surface area contributed by atoms with E-state index in [0.717, 1.165) is 18.3 Å². The van der Waals surface area contributed by atoms with Gasteiger partial charge in [0.1, 0.15) is 11.5 Å². The summed E-state index contributed by atoms with van der Waals surface area (Å²) in [5, 5.41) is 7.58. The van der Waals surface area contributed by atoms with Crippen molar-refractivity contribution in [1.29, 1.82) is 0 Å². The van der Waals surface area contributed by atoms with Crippen LogP contribution >= 0.6 is 11.6 Å². The highest BCUT2D eigenvalue weighted by atomic mass is 35.5. The Morgan fingerprint density at radius 1 is 1.12 bits per heavy atom. The summed E-state index contributed by atoms with van der Waals surface area (Å²) >= 11 is 5.81. The van der Waals surface area contributed by atoms with Crippen molar-refractivity contribution < 1.29 is 31.8 Å². The van der Waals surface area contributed by atoms with Gasteiger partial charge < -0.3 is 25.4 Å². The minimum absolute atomic E-state index is 0.0190. The van der Waals surface area contributed by atoms with Gasteiger partial charge in [0, 0.05) is 24.5 Å². The minimum atomic E-state index is -4.90. The molecule has 3 N–H and O–H groups in total. The first kappa shape index (κ1) is 23.9. The molecule has 0 aliphatic heterocycles. The van der Waals surface area contributed by atoms with Crippen LogP contribution in [0.3, 0.4) is 0 Å². The van der Waals surface area contributed by atoms with Crippen LogP contribution in [0.15, 0.2) is 48.7 Å². The summed E-state index contributed by atoms with van der Waals surface area (Å²) in [6.45, 7) is -0.170. The molecule has 0 spiro atoms. The molecule has 0 atom stereocenters. The lowest BCUT2D eigenvalue weighted by Crippen LogP contribution is -2.24. The fraction of sp³-hybridized carbons (Fsp3) is 0.150. The van der Waals surface area contributed by atoms with Gasteiger partial charge in [-0.1, -0.05) is 17.7 Å². The summed E-state index contributed by atoms with van der Waals surface area (Å²) in [5.74, 6) is -1.54. The van der Waals surface area contributed by atoms with E-state index in [2.05, 4.69) is 30.7 Å². The molecule has 8 nitrogen and oxygen atoms in total. The van der Waals surface area contributed by atoms with Crippen molar-refractivity contribution in [3.8, 4) is 11.5 Å². The standard InChI is InChI=1S/C20H16ClF4N5O3/c1-26-17(31)10-32-13-4-2-3-11(7-13)29-19-27-9-15(22)18(30-19)28-12-5-6-16(14(21)8-12)33-20(23,24)25/h2-9H,10H2,1H3,(H,26,31)(H2,27,28,29,30). The van der Waals surface area contributed by atoms with Gasteiger partial charge in [-0.05, 0) is 30.3 Å². The molecule has 0 aliphatic carbocycles. The van der Waals surface area contributed by atoms with Crippen LogP contribution in [0.1, 0.15) is 0 Å². The molecule has 1 heterocycles. The smallest absolute Gasteiger partial charge is 0.484 e. The Labute approximate surface area is 189 Å². The quantitative estimate of drug-likeness (QED) is 0.395. The lowest BCUT2D eigenvalue weighted by molar-refractivity contribution is -0.274. The van der Waals surface area contributed by atoms with Crippen molar-refractivity contribution in [1.82, 2.24) is 15.3 Å². The number of nitrogens with zero attached hydrogens (tertiary/aromatic N) is 2. The SMILES string of the molecule is CNC(=O)COc1cccc(Nc2ncc(F)c(Nc3ccc(OC(F)(F)F)c(Cl)c3)n2)c1. The molecule has 0 saturated carbocycles. The number of rotatable bonds is 8. The molecule has 0 saturated heterocycles. The second-order valence-corrected chi connectivity index (χ2v) is 6.73. The average Bonchev–Trinajstić information content (AvgIpc) is 2.76. The Bertz CT molecular complexity index is 1150. The molecule has 0 aliphatic rings. The Morgan fingerprint density at radius 3 is 2.58 bits per heavy atom. The second-order valence-electron chi connectivity index (χ2n) is 6.32. The molecular formula is C20H16ClF4N5O3.